The number of hydrogen-bond acceptors (Lipinski definition) is 3. The molecule has 0 aliphatic rings. The van der Waals surface area contributed by atoms with Crippen LogP contribution in [0.15, 0.2) is 78.0 Å². The van der Waals surface area contributed by atoms with Crippen LogP contribution in [0.5, 0.6) is 0 Å². The molecule has 0 fully saturated rings. The van der Waals surface area contributed by atoms with Gasteiger partial charge < -0.3 is 0 Å². The predicted molar refractivity (Wildman–Crippen MR) is 106 cm³/mol. The van der Waals surface area contributed by atoms with Crippen LogP contribution in [0.25, 0.3) is 12.2 Å². The number of nitrogens with zero attached hydrogens (tertiary/aromatic N) is 1. The summed E-state index contributed by atoms with van der Waals surface area (Å²) in [6, 6.07) is 18.0. The van der Waals surface area contributed by atoms with Gasteiger partial charge in [-0.25, -0.2) is 8.42 Å². The minimum Gasteiger partial charge on any atom is -0.279 e. The van der Waals surface area contributed by atoms with E-state index in [0.29, 0.717) is 5.69 Å². The van der Waals surface area contributed by atoms with Crippen LogP contribution < -0.4 is 4.72 Å². The van der Waals surface area contributed by atoms with E-state index in [1.54, 1.807) is 30.6 Å². The molecule has 3 rings (SSSR count). The molecular formula is C21H20N2O2S. The highest BCUT2D eigenvalue weighted by Gasteiger charge is 2.15. The third-order valence-electron chi connectivity index (χ3n) is 4.01. The van der Waals surface area contributed by atoms with E-state index >= 15 is 0 Å². The lowest BCUT2D eigenvalue weighted by atomic mass is 10.1. The molecule has 1 heterocycles. The standard InChI is InChI=1S/C21H20N2O2S/c1-2-17-8-11-20(12-9-17)26(24,25)23-21-6-4-3-5-19(21)10-7-18-13-15-22-16-14-18/h3-16,23H,2H2,1H3. The summed E-state index contributed by atoms with van der Waals surface area (Å²) in [5.74, 6) is 0. The van der Waals surface area contributed by atoms with Crippen LogP contribution in [-0.2, 0) is 16.4 Å². The molecule has 0 spiro atoms. The Morgan fingerprint density at radius 2 is 1.62 bits per heavy atom. The highest BCUT2D eigenvalue weighted by Crippen LogP contribution is 2.22. The topological polar surface area (TPSA) is 59.1 Å². The summed E-state index contributed by atoms with van der Waals surface area (Å²) >= 11 is 0. The number of sulfonamides is 1. The maximum absolute atomic E-state index is 12.7. The van der Waals surface area contributed by atoms with Gasteiger partial charge in [0.1, 0.15) is 0 Å². The summed E-state index contributed by atoms with van der Waals surface area (Å²) in [5, 5.41) is 0. The second-order valence-electron chi connectivity index (χ2n) is 5.80. The van der Waals surface area contributed by atoms with E-state index in [1.165, 1.54) is 0 Å². The van der Waals surface area contributed by atoms with Crippen molar-refractivity contribution >= 4 is 27.9 Å². The van der Waals surface area contributed by atoms with E-state index in [4.69, 9.17) is 0 Å². The van der Waals surface area contributed by atoms with Gasteiger partial charge in [0.25, 0.3) is 10.0 Å². The largest absolute Gasteiger partial charge is 0.279 e. The Hall–Kier alpha value is -2.92. The Labute approximate surface area is 154 Å². The van der Waals surface area contributed by atoms with Gasteiger partial charge in [-0.15, -0.1) is 0 Å². The average Bonchev–Trinajstić information content (AvgIpc) is 2.68. The molecule has 0 saturated heterocycles. The van der Waals surface area contributed by atoms with Crippen molar-refractivity contribution in [1.82, 2.24) is 4.98 Å². The van der Waals surface area contributed by atoms with E-state index in [1.807, 2.05) is 61.5 Å². The Bertz CT molecular complexity index is 996. The molecule has 26 heavy (non-hydrogen) atoms. The zero-order valence-electron chi connectivity index (χ0n) is 14.5. The second kappa shape index (κ2) is 7.97. The molecule has 1 aromatic heterocycles. The van der Waals surface area contributed by atoms with Crippen molar-refractivity contribution < 1.29 is 8.42 Å². The van der Waals surface area contributed by atoms with Gasteiger partial charge in [0, 0.05) is 12.4 Å². The van der Waals surface area contributed by atoms with Gasteiger partial charge in [0.15, 0.2) is 0 Å². The van der Waals surface area contributed by atoms with Gasteiger partial charge >= 0.3 is 0 Å². The van der Waals surface area contributed by atoms with E-state index in [-0.39, 0.29) is 4.90 Å². The van der Waals surface area contributed by atoms with Gasteiger partial charge in [-0.1, -0.05) is 49.4 Å². The van der Waals surface area contributed by atoms with E-state index in [0.717, 1.165) is 23.1 Å². The Balaban J connectivity index is 1.86. The highest BCUT2D eigenvalue weighted by molar-refractivity contribution is 7.92. The van der Waals surface area contributed by atoms with Crippen LogP contribution in [-0.4, -0.2) is 13.4 Å². The Morgan fingerprint density at radius 3 is 2.31 bits per heavy atom. The lowest BCUT2D eigenvalue weighted by molar-refractivity contribution is 0.601. The van der Waals surface area contributed by atoms with Crippen molar-refractivity contribution in [2.75, 3.05) is 4.72 Å². The molecule has 0 amide bonds. The monoisotopic (exact) mass is 364 g/mol. The van der Waals surface area contributed by atoms with E-state index < -0.39 is 10.0 Å². The molecule has 5 heteroatoms. The summed E-state index contributed by atoms with van der Waals surface area (Å²) < 4.78 is 28.1. The van der Waals surface area contributed by atoms with Gasteiger partial charge in [0.05, 0.1) is 10.6 Å². The molecule has 0 saturated carbocycles. The van der Waals surface area contributed by atoms with Crippen LogP contribution in [0.4, 0.5) is 5.69 Å². The molecule has 1 N–H and O–H groups in total. The van der Waals surface area contributed by atoms with Gasteiger partial charge in [-0.2, -0.15) is 0 Å². The third kappa shape index (κ3) is 4.37. The summed E-state index contributed by atoms with van der Waals surface area (Å²) in [6.45, 7) is 2.03. The molecule has 132 valence electrons. The normalized spacial score (nSPS) is 11.6. The number of rotatable bonds is 6. The lowest BCUT2D eigenvalue weighted by Gasteiger charge is -2.11. The summed E-state index contributed by atoms with van der Waals surface area (Å²) in [5.41, 5.74) is 3.42. The molecule has 0 radical (unpaired) electrons. The first-order valence-electron chi connectivity index (χ1n) is 8.37. The summed E-state index contributed by atoms with van der Waals surface area (Å²) in [6.07, 6.45) is 8.11. The fourth-order valence-electron chi connectivity index (χ4n) is 2.50. The number of aryl methyl sites for hydroxylation is 1. The number of benzene rings is 2. The maximum Gasteiger partial charge on any atom is 0.261 e. The lowest BCUT2D eigenvalue weighted by Crippen LogP contribution is -2.13. The smallest absolute Gasteiger partial charge is 0.261 e. The van der Waals surface area contributed by atoms with Crippen LogP contribution >= 0.6 is 0 Å². The van der Waals surface area contributed by atoms with Crippen LogP contribution in [0.1, 0.15) is 23.6 Å². The minimum atomic E-state index is -3.64. The first kappa shape index (κ1) is 17.9. The predicted octanol–water partition coefficient (Wildman–Crippen LogP) is 4.62. The number of anilines is 1. The van der Waals surface area contributed by atoms with Gasteiger partial charge in [-0.3, -0.25) is 9.71 Å². The fraction of sp³-hybridized carbons (Fsp3) is 0.0952. The van der Waals surface area contributed by atoms with Crippen LogP contribution in [0.2, 0.25) is 0 Å². The average molecular weight is 364 g/mol. The highest BCUT2D eigenvalue weighted by atomic mass is 32.2. The van der Waals surface area contributed by atoms with E-state index in [9.17, 15) is 8.42 Å². The first-order chi connectivity index (χ1) is 12.6. The first-order valence-corrected chi connectivity index (χ1v) is 9.86. The van der Waals surface area contributed by atoms with Crippen molar-refractivity contribution in [2.24, 2.45) is 0 Å². The zero-order chi connectivity index (χ0) is 18.4. The van der Waals surface area contributed by atoms with Crippen LogP contribution in [0, 0.1) is 0 Å². The molecule has 3 aromatic rings. The molecular weight excluding hydrogens is 344 g/mol. The molecule has 0 unspecified atom stereocenters. The van der Waals surface area contributed by atoms with Crippen molar-refractivity contribution in [3.8, 4) is 0 Å². The molecule has 0 aliphatic heterocycles. The molecule has 0 bridgehead atoms. The van der Waals surface area contributed by atoms with Gasteiger partial charge in [0.2, 0.25) is 0 Å². The van der Waals surface area contributed by atoms with Crippen molar-refractivity contribution in [1.29, 1.82) is 0 Å². The van der Waals surface area contributed by atoms with Gasteiger partial charge in [-0.05, 0) is 53.4 Å². The quantitative estimate of drug-likeness (QED) is 0.694. The number of aromatic nitrogens is 1. The molecule has 0 aliphatic carbocycles. The zero-order valence-corrected chi connectivity index (χ0v) is 15.3. The van der Waals surface area contributed by atoms with Crippen molar-refractivity contribution in [3.63, 3.8) is 0 Å². The van der Waals surface area contributed by atoms with Crippen molar-refractivity contribution in [2.45, 2.75) is 18.2 Å². The number of hydrogen-bond donors (Lipinski definition) is 1. The Kier molecular flexibility index (Phi) is 5.49. The van der Waals surface area contributed by atoms with Crippen LogP contribution in [0.3, 0.4) is 0 Å². The molecule has 4 nitrogen and oxygen atoms in total. The molecule has 2 aromatic carbocycles. The number of pyridine rings is 1. The summed E-state index contributed by atoms with van der Waals surface area (Å²) in [4.78, 5) is 4.24. The molecule has 0 atom stereocenters. The Morgan fingerprint density at radius 1 is 0.923 bits per heavy atom. The third-order valence-corrected chi connectivity index (χ3v) is 5.39. The number of para-hydroxylation sites is 1. The fourth-order valence-corrected chi connectivity index (χ4v) is 3.59. The number of nitrogens with one attached hydrogen (secondary N) is 1. The van der Waals surface area contributed by atoms with Crippen molar-refractivity contribution in [3.05, 3.63) is 89.7 Å². The second-order valence-corrected chi connectivity index (χ2v) is 7.49. The summed E-state index contributed by atoms with van der Waals surface area (Å²) in [7, 11) is -3.64. The minimum absolute atomic E-state index is 0.252. The SMILES string of the molecule is CCc1ccc(S(=O)(=O)Nc2ccccc2C=Cc2ccncc2)cc1. The maximum atomic E-state index is 12.7. The van der Waals surface area contributed by atoms with E-state index in [2.05, 4.69) is 9.71 Å².